The molecule has 0 saturated carbocycles. The molecule has 4 N–H and O–H groups in total. The molecule has 1 aromatic carbocycles. The number of hydrogen-bond acceptors (Lipinski definition) is 5. The van der Waals surface area contributed by atoms with Crippen LogP contribution in [0.4, 0.5) is 5.69 Å². The molecule has 1 amide bonds. The van der Waals surface area contributed by atoms with Crippen molar-refractivity contribution >= 4 is 34.1 Å². The molecular formula is C17H19ClN6O2. The van der Waals surface area contributed by atoms with Gasteiger partial charge in [0.1, 0.15) is 0 Å². The van der Waals surface area contributed by atoms with Gasteiger partial charge >= 0.3 is 0 Å². The predicted octanol–water partition coefficient (Wildman–Crippen LogP) is 2.26. The summed E-state index contributed by atoms with van der Waals surface area (Å²) in [6.07, 6.45) is 3.26. The summed E-state index contributed by atoms with van der Waals surface area (Å²) in [5.74, 6) is -0.392. The maximum absolute atomic E-state index is 12.1. The Labute approximate surface area is 154 Å². The Morgan fingerprint density at radius 3 is 2.88 bits per heavy atom. The standard InChI is InChI=1S/C17H19ClN6O2/c1-10(2)24-6-5-11(7-15(24)25)17(26)23-21-9-19-14-4-3-13-12(16(14)18)8-20-22-13/h3-8,10,19,21H,9H2,1-2H3,(H,20,22)(H,23,26). The molecule has 0 aliphatic rings. The lowest BCUT2D eigenvalue weighted by Gasteiger charge is -2.12. The number of carbonyl (C=O) groups excluding carboxylic acids is 1. The second kappa shape index (κ2) is 7.59. The van der Waals surface area contributed by atoms with Crippen molar-refractivity contribution < 1.29 is 4.79 Å². The molecule has 26 heavy (non-hydrogen) atoms. The minimum absolute atomic E-state index is 0.0410. The maximum Gasteiger partial charge on any atom is 0.265 e. The summed E-state index contributed by atoms with van der Waals surface area (Å²) in [7, 11) is 0. The van der Waals surface area contributed by atoms with E-state index in [9.17, 15) is 9.59 Å². The average Bonchev–Trinajstić information content (AvgIpc) is 3.09. The fourth-order valence-corrected chi connectivity index (χ4v) is 2.79. The van der Waals surface area contributed by atoms with Crippen LogP contribution in [0.2, 0.25) is 5.02 Å². The molecular weight excluding hydrogens is 356 g/mol. The Balaban J connectivity index is 1.56. The fraction of sp³-hybridized carbons (Fsp3) is 0.235. The van der Waals surface area contributed by atoms with Crippen molar-refractivity contribution in [2.75, 3.05) is 12.0 Å². The third kappa shape index (κ3) is 3.71. The van der Waals surface area contributed by atoms with Crippen molar-refractivity contribution in [3.8, 4) is 0 Å². The van der Waals surface area contributed by atoms with E-state index in [1.807, 2.05) is 26.0 Å². The molecule has 0 unspecified atom stereocenters. The molecule has 0 spiro atoms. The van der Waals surface area contributed by atoms with Gasteiger partial charge in [-0.05, 0) is 32.0 Å². The van der Waals surface area contributed by atoms with Crippen LogP contribution in [0.15, 0.2) is 41.5 Å². The molecule has 2 heterocycles. The van der Waals surface area contributed by atoms with Gasteiger partial charge in [0.2, 0.25) is 0 Å². The fourth-order valence-electron chi connectivity index (χ4n) is 2.51. The molecule has 3 aromatic rings. The number of hydrogen-bond donors (Lipinski definition) is 4. The number of nitrogens with zero attached hydrogens (tertiary/aromatic N) is 2. The van der Waals surface area contributed by atoms with Crippen molar-refractivity contribution in [1.29, 1.82) is 0 Å². The van der Waals surface area contributed by atoms with Crippen LogP contribution in [0.25, 0.3) is 10.9 Å². The second-order valence-electron chi connectivity index (χ2n) is 6.00. The highest BCUT2D eigenvalue weighted by atomic mass is 35.5. The molecule has 0 atom stereocenters. The van der Waals surface area contributed by atoms with Crippen LogP contribution in [-0.2, 0) is 0 Å². The summed E-state index contributed by atoms with van der Waals surface area (Å²) in [5.41, 5.74) is 6.92. The zero-order valence-corrected chi connectivity index (χ0v) is 15.1. The summed E-state index contributed by atoms with van der Waals surface area (Å²) < 4.78 is 1.56. The van der Waals surface area contributed by atoms with Gasteiger partial charge in [0.05, 0.1) is 29.1 Å². The van der Waals surface area contributed by atoms with Crippen LogP contribution in [-0.4, -0.2) is 27.3 Å². The van der Waals surface area contributed by atoms with Crippen LogP contribution in [0.1, 0.15) is 30.2 Å². The van der Waals surface area contributed by atoms with Crippen molar-refractivity contribution in [2.45, 2.75) is 19.9 Å². The molecule has 0 fully saturated rings. The number of amides is 1. The van der Waals surface area contributed by atoms with E-state index < -0.39 is 5.91 Å². The van der Waals surface area contributed by atoms with E-state index in [2.05, 4.69) is 26.4 Å². The number of aromatic nitrogens is 3. The van der Waals surface area contributed by atoms with E-state index in [1.54, 1.807) is 23.0 Å². The number of carbonyl (C=O) groups is 1. The Kier molecular flexibility index (Phi) is 5.24. The number of anilines is 1. The summed E-state index contributed by atoms with van der Waals surface area (Å²) in [6.45, 7) is 4.05. The van der Waals surface area contributed by atoms with Crippen molar-refractivity contribution in [3.63, 3.8) is 0 Å². The normalized spacial score (nSPS) is 11.1. The first-order chi connectivity index (χ1) is 12.5. The molecule has 0 saturated heterocycles. The van der Waals surface area contributed by atoms with Crippen LogP contribution >= 0.6 is 11.6 Å². The Hall–Kier alpha value is -2.84. The molecule has 0 radical (unpaired) electrons. The van der Waals surface area contributed by atoms with E-state index >= 15 is 0 Å². The van der Waals surface area contributed by atoms with Crippen molar-refractivity contribution in [3.05, 3.63) is 57.6 Å². The number of hydrazine groups is 1. The van der Waals surface area contributed by atoms with Crippen LogP contribution < -0.4 is 21.7 Å². The average molecular weight is 375 g/mol. The number of rotatable bonds is 6. The minimum atomic E-state index is -0.392. The van der Waals surface area contributed by atoms with Gasteiger partial charge in [-0.15, -0.1) is 0 Å². The van der Waals surface area contributed by atoms with Gasteiger partial charge in [-0.25, -0.2) is 5.43 Å². The van der Waals surface area contributed by atoms with Gasteiger partial charge in [0, 0.05) is 29.3 Å². The van der Waals surface area contributed by atoms with Crippen LogP contribution in [0.5, 0.6) is 0 Å². The van der Waals surface area contributed by atoms with Gasteiger partial charge in [-0.3, -0.25) is 20.1 Å². The third-order valence-corrected chi connectivity index (χ3v) is 4.30. The number of halogens is 1. The summed E-state index contributed by atoms with van der Waals surface area (Å²) in [4.78, 5) is 24.1. The lowest BCUT2D eigenvalue weighted by atomic mass is 10.2. The maximum atomic E-state index is 12.1. The van der Waals surface area contributed by atoms with E-state index in [0.29, 0.717) is 10.7 Å². The Morgan fingerprint density at radius 1 is 1.35 bits per heavy atom. The first kappa shape index (κ1) is 18.0. The lowest BCUT2D eigenvalue weighted by molar-refractivity contribution is 0.0934. The number of nitrogens with one attached hydrogen (secondary N) is 4. The molecule has 0 aliphatic carbocycles. The number of pyridine rings is 1. The molecule has 2 aromatic heterocycles. The first-order valence-corrected chi connectivity index (χ1v) is 8.46. The summed E-state index contributed by atoms with van der Waals surface area (Å²) in [5, 5.41) is 11.2. The zero-order valence-electron chi connectivity index (χ0n) is 14.3. The number of benzene rings is 1. The predicted molar refractivity (Wildman–Crippen MR) is 101 cm³/mol. The monoisotopic (exact) mass is 374 g/mol. The Morgan fingerprint density at radius 2 is 2.15 bits per heavy atom. The van der Waals surface area contributed by atoms with Gasteiger partial charge in [-0.2, -0.15) is 5.10 Å². The van der Waals surface area contributed by atoms with Crippen molar-refractivity contribution in [1.82, 2.24) is 25.6 Å². The van der Waals surface area contributed by atoms with E-state index in [4.69, 9.17) is 11.6 Å². The quantitative estimate of drug-likeness (QED) is 0.301. The lowest BCUT2D eigenvalue weighted by Crippen LogP contribution is -2.40. The third-order valence-electron chi connectivity index (χ3n) is 3.89. The summed E-state index contributed by atoms with van der Waals surface area (Å²) >= 11 is 6.30. The van der Waals surface area contributed by atoms with Crippen LogP contribution in [0.3, 0.4) is 0 Å². The smallest absolute Gasteiger partial charge is 0.265 e. The van der Waals surface area contributed by atoms with Gasteiger partial charge in [-0.1, -0.05) is 11.6 Å². The van der Waals surface area contributed by atoms with Crippen LogP contribution in [0, 0.1) is 0 Å². The molecule has 9 heteroatoms. The molecule has 3 rings (SSSR count). The zero-order chi connectivity index (χ0) is 18.7. The van der Waals surface area contributed by atoms with Crippen molar-refractivity contribution in [2.24, 2.45) is 0 Å². The molecule has 0 aliphatic heterocycles. The molecule has 0 bridgehead atoms. The van der Waals surface area contributed by atoms with Gasteiger partial charge in [0.25, 0.3) is 11.5 Å². The SMILES string of the molecule is CC(C)n1ccc(C(=O)NNCNc2ccc3[nH]ncc3c2Cl)cc1=O. The second-order valence-corrected chi connectivity index (χ2v) is 6.38. The van der Waals surface area contributed by atoms with E-state index in [0.717, 1.165) is 10.9 Å². The molecule has 136 valence electrons. The number of aromatic amines is 1. The van der Waals surface area contributed by atoms with E-state index in [1.165, 1.54) is 6.07 Å². The number of H-pyrrole nitrogens is 1. The number of fused-ring (bicyclic) bond motifs is 1. The van der Waals surface area contributed by atoms with Gasteiger partial charge < -0.3 is 9.88 Å². The highest BCUT2D eigenvalue weighted by Crippen LogP contribution is 2.29. The summed E-state index contributed by atoms with van der Waals surface area (Å²) in [6, 6.07) is 6.64. The largest absolute Gasteiger partial charge is 0.370 e. The topological polar surface area (TPSA) is 104 Å². The van der Waals surface area contributed by atoms with E-state index in [-0.39, 0.29) is 23.8 Å². The van der Waals surface area contributed by atoms with Gasteiger partial charge in [0.15, 0.2) is 0 Å². The minimum Gasteiger partial charge on any atom is -0.370 e. The highest BCUT2D eigenvalue weighted by molar-refractivity contribution is 6.38. The molecule has 8 nitrogen and oxygen atoms in total. The highest BCUT2D eigenvalue weighted by Gasteiger charge is 2.09. The Bertz CT molecular complexity index is 994. The first-order valence-electron chi connectivity index (χ1n) is 8.08.